The second kappa shape index (κ2) is 22.5. The molecule has 6 aromatic rings. The third-order valence-electron chi connectivity index (χ3n) is 11.9. The van der Waals surface area contributed by atoms with Gasteiger partial charge in [0.1, 0.15) is 36.6 Å². The van der Waals surface area contributed by atoms with Gasteiger partial charge in [-0.15, -0.1) is 0 Å². The van der Waals surface area contributed by atoms with E-state index in [9.17, 15) is 14.4 Å². The molecule has 2 aliphatic heterocycles. The number of hydrogen-bond acceptors (Lipinski definition) is 12. The van der Waals surface area contributed by atoms with E-state index in [1.54, 1.807) is 6.92 Å². The summed E-state index contributed by atoms with van der Waals surface area (Å²) in [5.41, 5.74) is 5.67. The van der Waals surface area contributed by atoms with E-state index in [2.05, 4.69) is 4.98 Å². The summed E-state index contributed by atoms with van der Waals surface area (Å²) in [6.07, 6.45) is -9.53. The van der Waals surface area contributed by atoms with Crippen LogP contribution >= 0.6 is 0 Å². The first kappa shape index (κ1) is 47.3. The highest BCUT2D eigenvalue weighted by atomic mass is 16.7. The van der Waals surface area contributed by atoms with Crippen LogP contribution in [0, 0.1) is 0 Å². The van der Waals surface area contributed by atoms with Crippen molar-refractivity contribution >= 4 is 28.8 Å². The van der Waals surface area contributed by atoms with Gasteiger partial charge in [0.05, 0.1) is 44.8 Å². The van der Waals surface area contributed by atoms with Crippen LogP contribution in [0.4, 0.5) is 0 Å². The van der Waals surface area contributed by atoms with Crippen LogP contribution in [0.15, 0.2) is 146 Å². The Hall–Kier alpha value is -6.19. The number of esters is 3. The zero-order valence-corrected chi connectivity index (χ0v) is 38.1. The minimum atomic E-state index is -1.27. The van der Waals surface area contributed by atoms with Crippen LogP contribution in [-0.4, -0.2) is 78.3 Å². The van der Waals surface area contributed by atoms with Crippen LogP contribution < -0.4 is 0 Å². The van der Waals surface area contributed by atoms with Crippen LogP contribution in [0.25, 0.3) is 10.9 Å². The molecule has 0 aliphatic carbocycles. The normalized spacial score (nSPS) is 25.0. The van der Waals surface area contributed by atoms with Gasteiger partial charge in [0.15, 0.2) is 18.3 Å². The van der Waals surface area contributed by atoms with E-state index >= 15 is 0 Å². The maximum absolute atomic E-state index is 13.0. The van der Waals surface area contributed by atoms with Gasteiger partial charge in [-0.05, 0) is 35.2 Å². The highest BCUT2D eigenvalue weighted by molar-refractivity contribution is 5.85. The van der Waals surface area contributed by atoms with Crippen molar-refractivity contribution in [2.75, 3.05) is 6.61 Å². The standard InChI is InChI=1S/C54H57NO12/c1-34-47(64-35(2)56)53(65-36(3)57)54(66-37(4)58)49(63-34)45-42-27-17-18-28-43(42)55-46(45)50-52(62-32-41-25-15-8-16-26-41)51(61-31-40-23-13-7-14-24-40)48(60-30-39-21-11-6-12-22-39)44(67-50)33-59-29-38-19-9-5-10-20-38/h5-28,34,44,47-55H,29-33H2,1-4H3/t34-,44+,47+,48-,49+,50-,51-,52-,53+,54+/m0/s1. The number of aromatic nitrogens is 1. The number of benzene rings is 5. The van der Waals surface area contributed by atoms with Crippen LogP contribution in [-0.2, 0) is 83.4 Å². The van der Waals surface area contributed by atoms with Crippen molar-refractivity contribution in [2.24, 2.45) is 0 Å². The fraction of sp³-hybridized carbons (Fsp3) is 0.352. The average Bonchev–Trinajstić information content (AvgIpc) is 3.72. The Morgan fingerprint density at radius 2 is 0.925 bits per heavy atom. The second-order valence-corrected chi connectivity index (χ2v) is 16.9. The topological polar surface area (TPSA) is 150 Å². The molecule has 13 heteroatoms. The molecule has 350 valence electrons. The lowest BCUT2D eigenvalue weighted by Gasteiger charge is -2.47. The maximum Gasteiger partial charge on any atom is 0.303 e. The molecular formula is C54H57NO12. The Morgan fingerprint density at radius 3 is 1.46 bits per heavy atom. The van der Waals surface area contributed by atoms with Gasteiger partial charge in [-0.25, -0.2) is 0 Å². The van der Waals surface area contributed by atoms with E-state index in [1.807, 2.05) is 146 Å². The lowest BCUT2D eigenvalue weighted by molar-refractivity contribution is -0.276. The fourth-order valence-electron chi connectivity index (χ4n) is 8.98. The fourth-order valence-corrected chi connectivity index (χ4v) is 8.98. The molecule has 0 saturated carbocycles. The number of ether oxygens (including phenoxy) is 9. The molecule has 0 radical (unpaired) electrons. The summed E-state index contributed by atoms with van der Waals surface area (Å²) < 4.78 is 59.4. The van der Waals surface area contributed by atoms with Gasteiger partial charge >= 0.3 is 17.9 Å². The van der Waals surface area contributed by atoms with Gasteiger partial charge in [-0.1, -0.05) is 140 Å². The van der Waals surface area contributed by atoms with Crippen molar-refractivity contribution in [2.45, 2.75) is 115 Å². The third kappa shape index (κ3) is 11.9. The van der Waals surface area contributed by atoms with Crippen molar-refractivity contribution in [3.05, 3.63) is 179 Å². The quantitative estimate of drug-likeness (QED) is 0.0649. The van der Waals surface area contributed by atoms with Gasteiger partial charge in [0.25, 0.3) is 0 Å². The molecule has 0 spiro atoms. The van der Waals surface area contributed by atoms with Crippen molar-refractivity contribution in [3.8, 4) is 0 Å². The first-order valence-electron chi connectivity index (χ1n) is 22.6. The molecule has 8 rings (SSSR count). The van der Waals surface area contributed by atoms with Gasteiger partial charge in [0.2, 0.25) is 0 Å². The Balaban J connectivity index is 1.28. The first-order valence-corrected chi connectivity index (χ1v) is 22.6. The van der Waals surface area contributed by atoms with Gasteiger partial charge in [-0.2, -0.15) is 0 Å². The second-order valence-electron chi connectivity index (χ2n) is 16.9. The minimum absolute atomic E-state index is 0.114. The van der Waals surface area contributed by atoms with E-state index in [4.69, 9.17) is 42.6 Å². The minimum Gasteiger partial charge on any atom is -0.456 e. The summed E-state index contributed by atoms with van der Waals surface area (Å²) in [5, 5.41) is 0.728. The average molecular weight is 912 g/mol. The van der Waals surface area contributed by atoms with Crippen LogP contribution in [0.5, 0.6) is 0 Å². The molecule has 5 aromatic carbocycles. The number of carbonyl (C=O) groups excluding carboxylic acids is 3. The molecule has 2 aliphatic rings. The molecule has 0 bridgehead atoms. The van der Waals surface area contributed by atoms with E-state index in [0.29, 0.717) is 17.9 Å². The molecule has 0 amide bonds. The SMILES string of the molecule is CC(=O)O[C@@H]1[C@H](OC(C)=O)[C@H](C)O[C@H](c2c([C@@H]3O[C@H](COCc4ccccc4)[C@H](OCc4ccccc4)[C@H](OCc4ccccc4)[C@H]3OCc3ccccc3)[nH]c3ccccc23)[C@H]1OC(C)=O. The number of H-pyrrole nitrogens is 1. The van der Waals surface area contributed by atoms with E-state index in [-0.39, 0.29) is 26.4 Å². The molecule has 13 nitrogen and oxygen atoms in total. The van der Waals surface area contributed by atoms with Crippen LogP contribution in [0.1, 0.15) is 73.4 Å². The van der Waals surface area contributed by atoms with E-state index in [1.165, 1.54) is 20.8 Å². The number of nitrogens with one attached hydrogen (secondary N) is 1. The summed E-state index contributed by atoms with van der Waals surface area (Å²) >= 11 is 0. The lowest BCUT2D eigenvalue weighted by atomic mass is 9.86. The number of para-hydroxylation sites is 1. The summed E-state index contributed by atoms with van der Waals surface area (Å²) in [5.74, 6) is -1.94. The Bertz CT molecular complexity index is 2520. The maximum atomic E-state index is 13.0. The predicted molar refractivity (Wildman–Crippen MR) is 247 cm³/mol. The number of aromatic amines is 1. The zero-order valence-electron chi connectivity index (χ0n) is 38.1. The first-order chi connectivity index (χ1) is 32.6. The largest absolute Gasteiger partial charge is 0.456 e. The summed E-state index contributed by atoms with van der Waals surface area (Å²) in [4.78, 5) is 42.0. The molecule has 10 atom stereocenters. The lowest BCUT2D eigenvalue weighted by Crippen LogP contribution is -2.59. The Morgan fingerprint density at radius 1 is 0.478 bits per heavy atom. The van der Waals surface area contributed by atoms with Crippen molar-refractivity contribution in [1.29, 1.82) is 0 Å². The molecule has 1 N–H and O–H groups in total. The van der Waals surface area contributed by atoms with E-state index in [0.717, 1.165) is 33.2 Å². The van der Waals surface area contributed by atoms with Crippen molar-refractivity contribution < 1.29 is 57.0 Å². The number of fused-ring (bicyclic) bond motifs is 1. The van der Waals surface area contributed by atoms with Crippen molar-refractivity contribution in [1.82, 2.24) is 4.98 Å². The third-order valence-corrected chi connectivity index (χ3v) is 11.9. The molecule has 2 saturated heterocycles. The summed E-state index contributed by atoms with van der Waals surface area (Å²) in [7, 11) is 0. The van der Waals surface area contributed by atoms with Crippen LogP contribution in [0.3, 0.4) is 0 Å². The number of hydrogen-bond donors (Lipinski definition) is 1. The summed E-state index contributed by atoms with van der Waals surface area (Å²) in [6.45, 7) is 6.59. The monoisotopic (exact) mass is 911 g/mol. The number of carbonyl (C=O) groups is 3. The zero-order chi connectivity index (χ0) is 46.7. The smallest absolute Gasteiger partial charge is 0.303 e. The number of rotatable bonds is 18. The predicted octanol–water partition coefficient (Wildman–Crippen LogP) is 8.84. The summed E-state index contributed by atoms with van der Waals surface area (Å²) in [6, 6.07) is 47.2. The molecule has 3 heterocycles. The Kier molecular flexibility index (Phi) is 15.9. The molecular weight excluding hydrogens is 855 g/mol. The Labute approximate surface area is 390 Å². The van der Waals surface area contributed by atoms with Crippen molar-refractivity contribution in [3.63, 3.8) is 0 Å². The molecule has 67 heavy (non-hydrogen) atoms. The molecule has 1 aromatic heterocycles. The van der Waals surface area contributed by atoms with Gasteiger partial charge in [-0.3, -0.25) is 14.4 Å². The van der Waals surface area contributed by atoms with Gasteiger partial charge < -0.3 is 47.6 Å². The molecule has 2 fully saturated rings. The highest BCUT2D eigenvalue weighted by Gasteiger charge is 2.55. The van der Waals surface area contributed by atoms with E-state index < -0.39 is 78.9 Å². The highest BCUT2D eigenvalue weighted by Crippen LogP contribution is 2.47. The van der Waals surface area contributed by atoms with Crippen LogP contribution in [0.2, 0.25) is 0 Å². The van der Waals surface area contributed by atoms with Gasteiger partial charge in [0, 0.05) is 37.2 Å². The molecule has 0 unspecified atom stereocenters.